The first kappa shape index (κ1) is 11.3. The Balaban J connectivity index is 2.58. The first-order valence-electron chi connectivity index (χ1n) is 5.10. The van der Waals surface area contributed by atoms with Gasteiger partial charge in [-0.2, -0.15) is 0 Å². The smallest absolute Gasteiger partial charge is 0.128 e. The Kier molecular flexibility index (Phi) is 5.38. The van der Waals surface area contributed by atoms with E-state index in [-0.39, 0.29) is 0 Å². The van der Waals surface area contributed by atoms with Gasteiger partial charge in [-0.3, -0.25) is 0 Å². The zero-order valence-electron chi connectivity index (χ0n) is 8.62. The van der Waals surface area contributed by atoms with Crippen molar-refractivity contribution in [1.29, 1.82) is 0 Å². The fourth-order valence-corrected chi connectivity index (χ4v) is 1.54. The van der Waals surface area contributed by atoms with Gasteiger partial charge in [-0.1, -0.05) is 19.4 Å². The maximum Gasteiger partial charge on any atom is 0.128 e. The van der Waals surface area contributed by atoms with Crippen molar-refractivity contribution < 1.29 is 0 Å². The van der Waals surface area contributed by atoms with E-state index in [0.717, 1.165) is 18.9 Å². The third kappa shape index (κ3) is 3.54. The van der Waals surface area contributed by atoms with Crippen LogP contribution in [-0.4, -0.2) is 24.0 Å². The molecule has 0 radical (unpaired) electrons. The molecule has 0 aromatic carbocycles. The van der Waals surface area contributed by atoms with Gasteiger partial charge in [0.25, 0.3) is 0 Å². The minimum Gasteiger partial charge on any atom is -0.355 e. The lowest BCUT2D eigenvalue weighted by atomic mass is 10.3. The molecule has 1 aromatic rings. The molecule has 0 spiro atoms. The summed E-state index contributed by atoms with van der Waals surface area (Å²) in [5, 5.41) is 0. The highest BCUT2D eigenvalue weighted by Gasteiger charge is 2.04. The van der Waals surface area contributed by atoms with Crippen molar-refractivity contribution in [2.75, 3.05) is 23.9 Å². The van der Waals surface area contributed by atoms with Gasteiger partial charge in [0.15, 0.2) is 0 Å². The fourth-order valence-electron chi connectivity index (χ4n) is 1.33. The second-order valence-corrected chi connectivity index (χ2v) is 3.60. The Labute approximate surface area is 90.9 Å². The molecular formula is C11H17ClN2. The van der Waals surface area contributed by atoms with Crippen LogP contribution in [0.5, 0.6) is 0 Å². The first-order chi connectivity index (χ1) is 6.88. The van der Waals surface area contributed by atoms with E-state index in [4.69, 9.17) is 11.6 Å². The first-order valence-corrected chi connectivity index (χ1v) is 5.64. The number of halogens is 1. The van der Waals surface area contributed by atoms with Crippen LogP contribution in [0.3, 0.4) is 0 Å². The average molecular weight is 213 g/mol. The number of unbranched alkanes of at least 4 members (excludes halogenated alkanes) is 1. The highest BCUT2D eigenvalue weighted by molar-refractivity contribution is 6.18. The molecule has 78 valence electrons. The van der Waals surface area contributed by atoms with Gasteiger partial charge in [0.05, 0.1) is 0 Å². The number of nitrogens with zero attached hydrogens (tertiary/aromatic N) is 2. The fraction of sp³-hybridized carbons (Fsp3) is 0.545. The van der Waals surface area contributed by atoms with Crippen LogP contribution in [0.15, 0.2) is 24.4 Å². The van der Waals surface area contributed by atoms with Crippen LogP contribution in [0, 0.1) is 0 Å². The molecule has 0 fully saturated rings. The van der Waals surface area contributed by atoms with Gasteiger partial charge < -0.3 is 4.90 Å². The summed E-state index contributed by atoms with van der Waals surface area (Å²) in [7, 11) is 0. The number of anilines is 1. The molecule has 1 heterocycles. The maximum absolute atomic E-state index is 5.76. The summed E-state index contributed by atoms with van der Waals surface area (Å²) in [5.41, 5.74) is 0. The van der Waals surface area contributed by atoms with Crippen LogP contribution in [0.1, 0.15) is 19.8 Å². The summed E-state index contributed by atoms with van der Waals surface area (Å²) in [6.07, 6.45) is 4.21. The van der Waals surface area contributed by atoms with Gasteiger partial charge in [-0.25, -0.2) is 4.98 Å². The van der Waals surface area contributed by atoms with Crippen molar-refractivity contribution in [2.24, 2.45) is 0 Å². The zero-order valence-corrected chi connectivity index (χ0v) is 9.37. The molecule has 0 aliphatic rings. The van der Waals surface area contributed by atoms with Gasteiger partial charge >= 0.3 is 0 Å². The van der Waals surface area contributed by atoms with E-state index in [0.29, 0.717) is 5.88 Å². The maximum atomic E-state index is 5.76. The van der Waals surface area contributed by atoms with E-state index < -0.39 is 0 Å². The van der Waals surface area contributed by atoms with Crippen LogP contribution < -0.4 is 4.90 Å². The van der Waals surface area contributed by atoms with Crippen LogP contribution in [0.2, 0.25) is 0 Å². The Morgan fingerprint density at radius 1 is 1.36 bits per heavy atom. The molecule has 0 saturated carbocycles. The highest BCUT2D eigenvalue weighted by atomic mass is 35.5. The minimum atomic E-state index is 0.653. The topological polar surface area (TPSA) is 16.1 Å². The summed E-state index contributed by atoms with van der Waals surface area (Å²) < 4.78 is 0. The Bertz CT molecular complexity index is 238. The molecule has 0 N–H and O–H groups in total. The summed E-state index contributed by atoms with van der Waals surface area (Å²) >= 11 is 5.76. The van der Waals surface area contributed by atoms with Crippen molar-refractivity contribution in [3.8, 4) is 0 Å². The molecule has 3 heteroatoms. The average Bonchev–Trinajstić information content (AvgIpc) is 2.25. The number of aromatic nitrogens is 1. The highest BCUT2D eigenvalue weighted by Crippen LogP contribution is 2.10. The van der Waals surface area contributed by atoms with Crippen LogP contribution >= 0.6 is 11.6 Å². The monoisotopic (exact) mass is 212 g/mol. The van der Waals surface area contributed by atoms with Crippen molar-refractivity contribution in [1.82, 2.24) is 4.98 Å². The van der Waals surface area contributed by atoms with E-state index in [9.17, 15) is 0 Å². The van der Waals surface area contributed by atoms with Crippen molar-refractivity contribution in [3.05, 3.63) is 24.4 Å². The molecule has 14 heavy (non-hydrogen) atoms. The van der Waals surface area contributed by atoms with E-state index in [1.54, 1.807) is 0 Å². The molecule has 0 unspecified atom stereocenters. The van der Waals surface area contributed by atoms with E-state index in [2.05, 4.69) is 16.8 Å². The lowest BCUT2D eigenvalue weighted by molar-refractivity contribution is 0.726. The molecule has 0 atom stereocenters. The van der Waals surface area contributed by atoms with Crippen molar-refractivity contribution in [3.63, 3.8) is 0 Å². The number of hydrogen-bond acceptors (Lipinski definition) is 2. The SMILES string of the molecule is CCCCN(CCCl)c1ccccn1. The van der Waals surface area contributed by atoms with E-state index in [1.165, 1.54) is 12.8 Å². The largest absolute Gasteiger partial charge is 0.355 e. The molecule has 0 saturated heterocycles. The van der Waals surface area contributed by atoms with Gasteiger partial charge in [-0.15, -0.1) is 11.6 Å². The van der Waals surface area contributed by atoms with E-state index in [1.807, 2.05) is 24.4 Å². The van der Waals surface area contributed by atoms with E-state index >= 15 is 0 Å². The molecule has 0 amide bonds. The Hall–Kier alpha value is -0.760. The van der Waals surface area contributed by atoms with Crippen molar-refractivity contribution in [2.45, 2.75) is 19.8 Å². The number of hydrogen-bond donors (Lipinski definition) is 0. The van der Waals surface area contributed by atoms with Gasteiger partial charge in [-0.05, 0) is 18.6 Å². The predicted molar refractivity (Wildman–Crippen MR) is 62.1 cm³/mol. The predicted octanol–water partition coefficient (Wildman–Crippen LogP) is 2.93. The molecule has 0 aliphatic carbocycles. The Morgan fingerprint density at radius 3 is 2.79 bits per heavy atom. The summed E-state index contributed by atoms with van der Waals surface area (Å²) in [6, 6.07) is 5.97. The summed E-state index contributed by atoms with van der Waals surface area (Å²) in [4.78, 5) is 6.55. The van der Waals surface area contributed by atoms with Gasteiger partial charge in [0, 0.05) is 25.2 Å². The zero-order chi connectivity index (χ0) is 10.2. The summed E-state index contributed by atoms with van der Waals surface area (Å²) in [6.45, 7) is 4.11. The summed E-state index contributed by atoms with van der Waals surface area (Å²) in [5.74, 6) is 1.68. The third-order valence-corrected chi connectivity index (χ3v) is 2.28. The second kappa shape index (κ2) is 6.66. The molecule has 1 rings (SSSR count). The normalized spacial score (nSPS) is 10.1. The number of alkyl halides is 1. The van der Waals surface area contributed by atoms with Crippen molar-refractivity contribution >= 4 is 17.4 Å². The van der Waals surface area contributed by atoms with Crippen LogP contribution in [-0.2, 0) is 0 Å². The quantitative estimate of drug-likeness (QED) is 0.675. The van der Waals surface area contributed by atoms with Gasteiger partial charge in [0.1, 0.15) is 5.82 Å². The molecular weight excluding hydrogens is 196 g/mol. The lowest BCUT2D eigenvalue weighted by Gasteiger charge is -2.22. The molecule has 0 aliphatic heterocycles. The molecule has 1 aromatic heterocycles. The number of pyridine rings is 1. The number of rotatable bonds is 6. The third-order valence-electron chi connectivity index (χ3n) is 2.11. The van der Waals surface area contributed by atoms with Gasteiger partial charge in [0.2, 0.25) is 0 Å². The van der Waals surface area contributed by atoms with Crippen LogP contribution in [0.4, 0.5) is 5.82 Å². The Morgan fingerprint density at radius 2 is 2.21 bits per heavy atom. The standard InChI is InChI=1S/C11H17ClN2/c1-2-3-9-14(10-7-12)11-6-4-5-8-13-11/h4-6,8H,2-3,7,9-10H2,1H3. The molecule has 0 bridgehead atoms. The lowest BCUT2D eigenvalue weighted by Crippen LogP contribution is -2.27. The molecule has 2 nitrogen and oxygen atoms in total. The van der Waals surface area contributed by atoms with Crippen LogP contribution in [0.25, 0.3) is 0 Å². The minimum absolute atomic E-state index is 0.653. The second-order valence-electron chi connectivity index (χ2n) is 3.22.